The largest absolute Gasteiger partial charge is 0.481 e. The summed E-state index contributed by atoms with van der Waals surface area (Å²) < 4.78 is 5.57. The van der Waals surface area contributed by atoms with Crippen molar-refractivity contribution in [2.45, 2.75) is 58.0 Å². The highest BCUT2D eigenvalue weighted by molar-refractivity contribution is 5.80. The summed E-state index contributed by atoms with van der Waals surface area (Å²) in [6.07, 6.45) is -0.102. The molecule has 0 saturated heterocycles. The van der Waals surface area contributed by atoms with Crippen LogP contribution in [0.2, 0.25) is 0 Å². The summed E-state index contributed by atoms with van der Waals surface area (Å²) in [4.78, 5) is 36.0. The standard InChI is InChI=1S/C26H32N2O5/c1-4-17(13-24(29)28-23(16(2)3)14-25(30)31)27-26(32)33-15-22-20-11-7-5-9-18(20)19-10-6-8-12-21(19)22/h5-12,16-17,22-23H,4,13-15H2,1-3H3,(H,27,32)(H,28,29)(H,30,31)/t17-,23?/m0/s1. The zero-order valence-corrected chi connectivity index (χ0v) is 19.3. The summed E-state index contributed by atoms with van der Waals surface area (Å²) in [6.45, 7) is 5.80. The SMILES string of the molecule is CC[C@@H](CC(=O)NC(CC(=O)O)C(C)C)NC(=O)OCC1c2ccccc2-c2ccccc21. The number of hydrogen-bond donors (Lipinski definition) is 3. The van der Waals surface area contributed by atoms with E-state index in [0.717, 1.165) is 22.3 Å². The predicted octanol–water partition coefficient (Wildman–Crippen LogP) is 4.31. The van der Waals surface area contributed by atoms with Crippen molar-refractivity contribution in [1.29, 1.82) is 0 Å². The van der Waals surface area contributed by atoms with E-state index in [1.54, 1.807) is 0 Å². The molecule has 0 aliphatic heterocycles. The Hall–Kier alpha value is -3.35. The molecule has 0 fully saturated rings. The van der Waals surface area contributed by atoms with E-state index in [1.807, 2.05) is 45.0 Å². The number of carbonyl (C=O) groups is 3. The number of hydrogen-bond acceptors (Lipinski definition) is 4. The number of carboxylic acid groups (broad SMARTS) is 1. The average Bonchev–Trinajstić information content (AvgIpc) is 3.10. The minimum Gasteiger partial charge on any atom is -0.481 e. The minimum absolute atomic E-state index is 0.0137. The van der Waals surface area contributed by atoms with Gasteiger partial charge in [-0.15, -0.1) is 0 Å². The van der Waals surface area contributed by atoms with Gasteiger partial charge in [0.25, 0.3) is 0 Å². The number of aliphatic carboxylic acids is 1. The summed E-state index contributed by atoms with van der Waals surface area (Å²) in [7, 11) is 0. The maximum Gasteiger partial charge on any atom is 0.407 e. The summed E-state index contributed by atoms with van der Waals surface area (Å²) in [5.74, 6) is -1.30. The number of fused-ring (bicyclic) bond motifs is 3. The second-order valence-corrected chi connectivity index (χ2v) is 8.80. The molecule has 2 aromatic rings. The zero-order chi connectivity index (χ0) is 24.0. The van der Waals surface area contributed by atoms with Crippen molar-refractivity contribution in [2.24, 2.45) is 5.92 Å². The third-order valence-electron chi connectivity index (χ3n) is 6.14. The highest BCUT2D eigenvalue weighted by Gasteiger charge is 2.29. The molecular formula is C26H32N2O5. The molecule has 2 aromatic carbocycles. The van der Waals surface area contributed by atoms with E-state index in [9.17, 15) is 14.4 Å². The van der Waals surface area contributed by atoms with Gasteiger partial charge in [0.15, 0.2) is 0 Å². The van der Waals surface area contributed by atoms with E-state index in [1.165, 1.54) is 0 Å². The lowest BCUT2D eigenvalue weighted by atomic mass is 9.98. The van der Waals surface area contributed by atoms with Crippen LogP contribution in [-0.2, 0) is 14.3 Å². The van der Waals surface area contributed by atoms with Crippen molar-refractivity contribution in [3.63, 3.8) is 0 Å². The maximum atomic E-state index is 12.5. The van der Waals surface area contributed by atoms with Gasteiger partial charge in [0, 0.05) is 24.4 Å². The van der Waals surface area contributed by atoms with Crippen LogP contribution >= 0.6 is 0 Å². The lowest BCUT2D eigenvalue weighted by molar-refractivity contribution is -0.138. The van der Waals surface area contributed by atoms with Crippen molar-refractivity contribution in [2.75, 3.05) is 6.61 Å². The molecule has 0 saturated carbocycles. The summed E-state index contributed by atoms with van der Waals surface area (Å²) in [5.41, 5.74) is 4.59. The molecule has 1 unspecified atom stereocenters. The van der Waals surface area contributed by atoms with Crippen LogP contribution in [0, 0.1) is 5.92 Å². The Morgan fingerprint density at radius 2 is 1.52 bits per heavy atom. The Labute approximate surface area is 194 Å². The molecule has 3 N–H and O–H groups in total. The number of carboxylic acids is 1. The smallest absolute Gasteiger partial charge is 0.407 e. The summed E-state index contributed by atoms with van der Waals surface area (Å²) in [6, 6.07) is 15.4. The maximum absolute atomic E-state index is 12.5. The molecule has 2 atom stereocenters. The van der Waals surface area contributed by atoms with Crippen LogP contribution in [0.4, 0.5) is 4.79 Å². The molecule has 0 bridgehead atoms. The molecule has 3 rings (SSSR count). The van der Waals surface area contributed by atoms with Gasteiger partial charge >= 0.3 is 12.1 Å². The second kappa shape index (κ2) is 11.0. The van der Waals surface area contributed by atoms with Crippen molar-refractivity contribution in [3.8, 4) is 11.1 Å². The molecule has 33 heavy (non-hydrogen) atoms. The first-order chi connectivity index (χ1) is 15.8. The summed E-state index contributed by atoms with van der Waals surface area (Å²) >= 11 is 0. The molecule has 7 heteroatoms. The minimum atomic E-state index is -0.960. The van der Waals surface area contributed by atoms with E-state index in [0.29, 0.717) is 6.42 Å². The first-order valence-electron chi connectivity index (χ1n) is 11.4. The number of nitrogens with one attached hydrogen (secondary N) is 2. The van der Waals surface area contributed by atoms with Crippen LogP contribution in [0.5, 0.6) is 0 Å². The van der Waals surface area contributed by atoms with E-state index in [-0.39, 0.29) is 37.2 Å². The number of amides is 2. The highest BCUT2D eigenvalue weighted by atomic mass is 16.5. The van der Waals surface area contributed by atoms with Crippen LogP contribution in [-0.4, -0.2) is 41.8 Å². The monoisotopic (exact) mass is 452 g/mol. The van der Waals surface area contributed by atoms with Crippen molar-refractivity contribution in [1.82, 2.24) is 10.6 Å². The topological polar surface area (TPSA) is 105 Å². The number of alkyl carbamates (subject to hydrolysis) is 1. The fourth-order valence-electron chi connectivity index (χ4n) is 4.24. The summed E-state index contributed by atoms with van der Waals surface area (Å²) in [5, 5.41) is 14.6. The molecule has 176 valence electrons. The van der Waals surface area contributed by atoms with Crippen LogP contribution in [0.15, 0.2) is 48.5 Å². The fraction of sp³-hybridized carbons (Fsp3) is 0.423. The van der Waals surface area contributed by atoms with Gasteiger partial charge in [-0.05, 0) is 34.6 Å². The van der Waals surface area contributed by atoms with Gasteiger partial charge in [-0.3, -0.25) is 9.59 Å². The molecule has 2 amide bonds. The third-order valence-corrected chi connectivity index (χ3v) is 6.14. The van der Waals surface area contributed by atoms with Crippen LogP contribution in [0.25, 0.3) is 11.1 Å². The van der Waals surface area contributed by atoms with E-state index in [4.69, 9.17) is 9.84 Å². The predicted molar refractivity (Wildman–Crippen MR) is 126 cm³/mol. The van der Waals surface area contributed by atoms with Gasteiger partial charge in [0.05, 0.1) is 6.42 Å². The molecular weight excluding hydrogens is 420 g/mol. The Balaban J connectivity index is 1.55. The van der Waals surface area contributed by atoms with E-state index in [2.05, 4.69) is 34.9 Å². The van der Waals surface area contributed by atoms with Crippen LogP contribution in [0.3, 0.4) is 0 Å². The van der Waals surface area contributed by atoms with Crippen LogP contribution in [0.1, 0.15) is 57.1 Å². The number of carbonyl (C=O) groups excluding carboxylic acids is 2. The first-order valence-corrected chi connectivity index (χ1v) is 11.4. The normalized spacial score (nSPS) is 14.2. The van der Waals surface area contributed by atoms with E-state index < -0.39 is 24.1 Å². The van der Waals surface area contributed by atoms with Gasteiger partial charge in [-0.25, -0.2) is 4.79 Å². The van der Waals surface area contributed by atoms with Crippen molar-refractivity contribution >= 4 is 18.0 Å². The first kappa shape index (κ1) is 24.3. The third kappa shape index (κ3) is 6.12. The number of ether oxygens (including phenoxy) is 1. The Morgan fingerprint density at radius 3 is 2.03 bits per heavy atom. The molecule has 1 aliphatic carbocycles. The van der Waals surface area contributed by atoms with Crippen LogP contribution < -0.4 is 10.6 Å². The lowest BCUT2D eigenvalue weighted by Crippen LogP contribution is -2.44. The van der Waals surface area contributed by atoms with Crippen molar-refractivity contribution < 1.29 is 24.2 Å². The molecule has 0 aromatic heterocycles. The zero-order valence-electron chi connectivity index (χ0n) is 19.3. The van der Waals surface area contributed by atoms with E-state index >= 15 is 0 Å². The van der Waals surface area contributed by atoms with Crippen molar-refractivity contribution in [3.05, 3.63) is 59.7 Å². The average molecular weight is 453 g/mol. The molecule has 0 radical (unpaired) electrons. The number of rotatable bonds is 10. The lowest BCUT2D eigenvalue weighted by Gasteiger charge is -2.23. The fourth-order valence-corrected chi connectivity index (χ4v) is 4.24. The quantitative estimate of drug-likeness (QED) is 0.498. The second-order valence-electron chi connectivity index (χ2n) is 8.80. The Morgan fingerprint density at radius 1 is 0.939 bits per heavy atom. The molecule has 0 heterocycles. The Bertz CT molecular complexity index is 958. The molecule has 0 spiro atoms. The number of benzene rings is 2. The van der Waals surface area contributed by atoms with Gasteiger partial charge in [0.2, 0.25) is 5.91 Å². The molecule has 1 aliphatic rings. The van der Waals surface area contributed by atoms with Gasteiger partial charge < -0.3 is 20.5 Å². The highest BCUT2D eigenvalue weighted by Crippen LogP contribution is 2.44. The van der Waals surface area contributed by atoms with Gasteiger partial charge in [0.1, 0.15) is 6.61 Å². The molecule has 7 nitrogen and oxygen atoms in total. The van der Waals surface area contributed by atoms with Gasteiger partial charge in [-0.1, -0.05) is 69.3 Å². The Kier molecular flexibility index (Phi) is 8.09. The van der Waals surface area contributed by atoms with Gasteiger partial charge in [-0.2, -0.15) is 0 Å².